The van der Waals surface area contributed by atoms with Gasteiger partial charge in [0.2, 0.25) is 0 Å². The van der Waals surface area contributed by atoms with Crippen LogP contribution in [-0.2, 0) is 25.4 Å². The van der Waals surface area contributed by atoms with Crippen LogP contribution >= 0.6 is 0 Å². The molecular formula is C21H32O11. The number of benzene rings is 1. The summed E-state index contributed by atoms with van der Waals surface area (Å²) in [5, 5.41) is 69.3. The first-order valence-corrected chi connectivity index (χ1v) is 10.5. The molecule has 0 radical (unpaired) electrons. The fourth-order valence-electron chi connectivity index (χ4n) is 3.62. The van der Waals surface area contributed by atoms with Crippen LogP contribution in [0.25, 0.3) is 0 Å². The summed E-state index contributed by atoms with van der Waals surface area (Å²) in [7, 11) is 0. The summed E-state index contributed by atoms with van der Waals surface area (Å²) in [5.41, 5.74) is -0.867. The molecule has 182 valence electrons. The minimum Gasteiger partial charge on any atom is -0.508 e. The molecule has 9 atom stereocenters. The Hall–Kier alpha value is -1.38. The van der Waals surface area contributed by atoms with Crippen LogP contribution in [0.15, 0.2) is 24.3 Å². The lowest BCUT2D eigenvalue weighted by molar-refractivity contribution is -0.317. The van der Waals surface area contributed by atoms with Crippen molar-refractivity contribution in [2.45, 2.75) is 74.6 Å². The molecule has 32 heavy (non-hydrogen) atoms. The van der Waals surface area contributed by atoms with Gasteiger partial charge in [0.1, 0.15) is 41.9 Å². The van der Waals surface area contributed by atoms with E-state index in [4.69, 9.17) is 18.9 Å². The van der Waals surface area contributed by atoms with Gasteiger partial charge in [-0.15, -0.1) is 0 Å². The minimum absolute atomic E-state index is 0.175. The lowest BCUT2D eigenvalue weighted by Gasteiger charge is -2.41. The van der Waals surface area contributed by atoms with Gasteiger partial charge in [-0.3, -0.25) is 0 Å². The molecule has 1 aromatic carbocycles. The zero-order valence-electron chi connectivity index (χ0n) is 17.7. The van der Waals surface area contributed by atoms with E-state index in [1.807, 2.05) is 0 Å². The Morgan fingerprint density at radius 3 is 2.38 bits per heavy atom. The minimum atomic E-state index is -1.86. The normalized spacial score (nSPS) is 38.7. The maximum Gasteiger partial charge on any atom is 0.186 e. The first-order chi connectivity index (χ1) is 15.1. The van der Waals surface area contributed by atoms with E-state index in [1.165, 1.54) is 0 Å². The largest absolute Gasteiger partial charge is 0.508 e. The van der Waals surface area contributed by atoms with E-state index in [2.05, 4.69) is 0 Å². The molecule has 3 rings (SSSR count). The number of hydrogen-bond donors (Lipinski definition) is 7. The number of phenols is 1. The van der Waals surface area contributed by atoms with Gasteiger partial charge in [0.25, 0.3) is 0 Å². The van der Waals surface area contributed by atoms with Gasteiger partial charge in [-0.2, -0.15) is 0 Å². The van der Waals surface area contributed by atoms with Crippen molar-refractivity contribution >= 4 is 0 Å². The van der Waals surface area contributed by atoms with E-state index >= 15 is 0 Å². The third-order valence-electron chi connectivity index (χ3n) is 5.82. The number of aromatic hydroxyl groups is 1. The zero-order valence-corrected chi connectivity index (χ0v) is 17.7. The molecule has 2 saturated heterocycles. The van der Waals surface area contributed by atoms with Crippen LogP contribution in [0.4, 0.5) is 0 Å². The molecule has 11 heteroatoms. The van der Waals surface area contributed by atoms with Gasteiger partial charge in [-0.1, -0.05) is 12.1 Å². The Bertz CT molecular complexity index is 716. The van der Waals surface area contributed by atoms with Gasteiger partial charge in [0.15, 0.2) is 12.6 Å². The molecule has 0 amide bonds. The Labute approximate surface area is 185 Å². The van der Waals surface area contributed by atoms with Crippen molar-refractivity contribution in [2.24, 2.45) is 0 Å². The molecule has 11 nitrogen and oxygen atoms in total. The van der Waals surface area contributed by atoms with Crippen molar-refractivity contribution < 1.29 is 54.7 Å². The smallest absolute Gasteiger partial charge is 0.186 e. The SMILES string of the molecule is C[C@@H](CCc1ccc(O)cc1)O[C@@H]1O[C@H](CO[C@@H]2OC[C@@](O)(CO)[C@H]2O)[C@@H](O)[C@H](O)[C@H]1O. The lowest BCUT2D eigenvalue weighted by atomic mass is 9.99. The highest BCUT2D eigenvalue weighted by molar-refractivity contribution is 5.25. The third-order valence-corrected chi connectivity index (χ3v) is 5.82. The molecule has 0 unspecified atom stereocenters. The highest BCUT2D eigenvalue weighted by atomic mass is 16.7. The molecule has 2 fully saturated rings. The fourth-order valence-corrected chi connectivity index (χ4v) is 3.62. The Balaban J connectivity index is 1.52. The standard InChI is InChI=1S/C21H32O11/c1-11(2-3-12-4-6-13(23)7-5-12)31-19-17(26)16(25)15(24)14(32-19)8-29-20-18(27)21(28,9-22)10-30-20/h4-7,11,14-20,22-28H,2-3,8-10H2,1H3/t11-,14+,15+,16-,17+,18-,19+,20+,21-/m0/s1. The Kier molecular flexibility index (Phi) is 8.44. The van der Waals surface area contributed by atoms with Crippen molar-refractivity contribution in [1.29, 1.82) is 0 Å². The maximum absolute atomic E-state index is 10.3. The molecule has 2 aliphatic heterocycles. The van der Waals surface area contributed by atoms with E-state index in [9.17, 15) is 35.7 Å². The zero-order chi connectivity index (χ0) is 23.5. The first kappa shape index (κ1) is 25.2. The second kappa shape index (κ2) is 10.7. The lowest BCUT2D eigenvalue weighted by Crippen LogP contribution is -2.60. The molecule has 0 spiro atoms. The Morgan fingerprint density at radius 2 is 1.75 bits per heavy atom. The average molecular weight is 460 g/mol. The predicted octanol–water partition coefficient (Wildman–Crippen LogP) is -2.01. The average Bonchev–Trinajstić information content (AvgIpc) is 3.07. The van der Waals surface area contributed by atoms with Gasteiger partial charge in [0.05, 0.1) is 25.9 Å². The number of aliphatic hydroxyl groups is 6. The topological polar surface area (TPSA) is 179 Å². The van der Waals surface area contributed by atoms with Gasteiger partial charge in [0, 0.05) is 0 Å². The summed E-state index contributed by atoms with van der Waals surface area (Å²) in [5.74, 6) is 0.175. The highest BCUT2D eigenvalue weighted by Crippen LogP contribution is 2.28. The summed E-state index contributed by atoms with van der Waals surface area (Å²) in [6.45, 7) is 0.377. The molecule has 0 aliphatic carbocycles. The van der Waals surface area contributed by atoms with Crippen molar-refractivity contribution in [3.8, 4) is 5.75 Å². The van der Waals surface area contributed by atoms with Crippen LogP contribution in [0.2, 0.25) is 0 Å². The van der Waals surface area contributed by atoms with E-state index in [1.54, 1.807) is 31.2 Å². The highest BCUT2D eigenvalue weighted by Gasteiger charge is 2.50. The summed E-state index contributed by atoms with van der Waals surface area (Å²) in [6, 6.07) is 6.75. The molecule has 0 bridgehead atoms. The fraction of sp³-hybridized carbons (Fsp3) is 0.714. The molecular weight excluding hydrogens is 428 g/mol. The van der Waals surface area contributed by atoms with E-state index in [0.29, 0.717) is 12.8 Å². The summed E-state index contributed by atoms with van der Waals surface area (Å²) < 4.78 is 21.9. The van der Waals surface area contributed by atoms with Crippen molar-refractivity contribution in [3.05, 3.63) is 29.8 Å². The number of hydrogen-bond acceptors (Lipinski definition) is 11. The molecule has 7 N–H and O–H groups in total. The van der Waals surface area contributed by atoms with E-state index < -0.39 is 55.3 Å². The molecule has 2 heterocycles. The number of ether oxygens (including phenoxy) is 4. The van der Waals surface area contributed by atoms with Crippen molar-refractivity contribution in [2.75, 3.05) is 19.8 Å². The van der Waals surface area contributed by atoms with Gasteiger partial charge < -0.3 is 54.7 Å². The molecule has 2 aliphatic rings. The number of aryl methyl sites for hydroxylation is 1. The van der Waals surface area contributed by atoms with Gasteiger partial charge >= 0.3 is 0 Å². The van der Waals surface area contributed by atoms with Gasteiger partial charge in [-0.05, 0) is 37.5 Å². The summed E-state index contributed by atoms with van der Waals surface area (Å²) in [6.07, 6.45) is -8.83. The second-order valence-corrected chi connectivity index (χ2v) is 8.39. The van der Waals surface area contributed by atoms with Crippen LogP contribution in [-0.4, -0.2) is 110 Å². The van der Waals surface area contributed by atoms with Crippen LogP contribution in [0, 0.1) is 0 Å². The maximum atomic E-state index is 10.3. The number of rotatable bonds is 9. The number of phenolic OH excluding ortho intramolecular Hbond substituents is 1. The van der Waals surface area contributed by atoms with Crippen LogP contribution in [0.1, 0.15) is 18.9 Å². The molecule has 0 aromatic heterocycles. The van der Waals surface area contributed by atoms with Crippen LogP contribution < -0.4 is 0 Å². The van der Waals surface area contributed by atoms with Crippen molar-refractivity contribution in [1.82, 2.24) is 0 Å². The Morgan fingerprint density at radius 1 is 1.06 bits per heavy atom. The number of aliphatic hydroxyl groups excluding tert-OH is 5. The summed E-state index contributed by atoms with van der Waals surface area (Å²) >= 11 is 0. The summed E-state index contributed by atoms with van der Waals surface area (Å²) in [4.78, 5) is 0. The van der Waals surface area contributed by atoms with E-state index in [-0.39, 0.29) is 25.1 Å². The first-order valence-electron chi connectivity index (χ1n) is 10.5. The quantitative estimate of drug-likeness (QED) is 0.217. The second-order valence-electron chi connectivity index (χ2n) is 8.39. The van der Waals surface area contributed by atoms with E-state index in [0.717, 1.165) is 5.56 Å². The molecule has 0 saturated carbocycles. The van der Waals surface area contributed by atoms with Gasteiger partial charge in [-0.25, -0.2) is 0 Å². The van der Waals surface area contributed by atoms with Crippen molar-refractivity contribution in [3.63, 3.8) is 0 Å². The van der Waals surface area contributed by atoms with Crippen LogP contribution in [0.3, 0.4) is 0 Å². The predicted molar refractivity (Wildman–Crippen MR) is 107 cm³/mol. The van der Waals surface area contributed by atoms with Crippen LogP contribution in [0.5, 0.6) is 5.75 Å². The third kappa shape index (κ3) is 5.75. The molecule has 1 aromatic rings. The monoisotopic (exact) mass is 460 g/mol.